The van der Waals surface area contributed by atoms with Crippen molar-refractivity contribution in [1.29, 1.82) is 0 Å². The highest BCUT2D eigenvalue weighted by Crippen LogP contribution is 2.27. The summed E-state index contributed by atoms with van der Waals surface area (Å²) in [4.78, 5) is 17.3. The number of hydrogen-bond donors (Lipinski definition) is 1. The Labute approximate surface area is 151 Å². The van der Waals surface area contributed by atoms with Gasteiger partial charge in [-0.1, -0.05) is 32.4 Å². The molecule has 1 N–H and O–H groups in total. The number of amides is 1. The van der Waals surface area contributed by atoms with E-state index >= 15 is 0 Å². The monoisotopic (exact) mass is 344 g/mol. The number of carbonyl (C=O) groups is 1. The van der Waals surface area contributed by atoms with E-state index in [4.69, 9.17) is 0 Å². The molecular weight excluding hydrogens is 312 g/mol. The number of carbonyl (C=O) groups excluding carboxylic acids is 1. The minimum atomic E-state index is 0.106. The second-order valence-electron chi connectivity index (χ2n) is 8.05. The average Bonchev–Trinajstić information content (AvgIpc) is 3.05. The first-order valence-electron chi connectivity index (χ1n) is 9.81. The van der Waals surface area contributed by atoms with Crippen molar-refractivity contribution in [2.24, 2.45) is 11.8 Å². The zero-order chi connectivity index (χ0) is 17.8. The van der Waals surface area contributed by atoms with E-state index in [0.29, 0.717) is 18.4 Å². The molecule has 1 amide bonds. The fourth-order valence-corrected chi connectivity index (χ4v) is 4.19. The number of aliphatic hydroxyl groups is 1. The first kappa shape index (κ1) is 18.4. The Hall–Kier alpha value is -1.39. The predicted molar refractivity (Wildman–Crippen MR) is 101 cm³/mol. The number of likely N-dealkylation sites (tertiary alicyclic amines) is 2. The van der Waals surface area contributed by atoms with Crippen LogP contribution in [-0.4, -0.2) is 60.1 Å². The van der Waals surface area contributed by atoms with E-state index in [1.54, 1.807) is 0 Å². The van der Waals surface area contributed by atoms with Crippen LogP contribution < -0.4 is 0 Å². The maximum absolute atomic E-state index is 12.9. The van der Waals surface area contributed by atoms with Crippen LogP contribution in [0.25, 0.3) is 0 Å². The highest BCUT2D eigenvalue weighted by molar-refractivity contribution is 5.94. The number of aliphatic hydroxyl groups excluding tert-OH is 1. The van der Waals surface area contributed by atoms with Gasteiger partial charge in [-0.2, -0.15) is 0 Å². The van der Waals surface area contributed by atoms with Crippen LogP contribution in [0.5, 0.6) is 0 Å². The molecule has 2 aliphatic rings. The van der Waals surface area contributed by atoms with Crippen LogP contribution in [0.15, 0.2) is 24.3 Å². The van der Waals surface area contributed by atoms with E-state index in [9.17, 15) is 9.90 Å². The molecule has 25 heavy (non-hydrogen) atoms. The van der Waals surface area contributed by atoms with E-state index in [1.807, 2.05) is 17.0 Å². The van der Waals surface area contributed by atoms with E-state index < -0.39 is 0 Å². The van der Waals surface area contributed by atoms with E-state index in [2.05, 4.69) is 30.9 Å². The van der Waals surface area contributed by atoms with Gasteiger partial charge >= 0.3 is 0 Å². The van der Waals surface area contributed by atoms with Crippen LogP contribution in [0, 0.1) is 11.8 Å². The number of nitrogens with zero attached hydrogens (tertiary/aromatic N) is 2. The van der Waals surface area contributed by atoms with E-state index in [0.717, 1.165) is 18.7 Å². The molecule has 2 fully saturated rings. The lowest BCUT2D eigenvalue weighted by atomic mass is 9.95. The highest BCUT2D eigenvalue weighted by Gasteiger charge is 2.36. The maximum atomic E-state index is 12.9. The average molecular weight is 344 g/mol. The van der Waals surface area contributed by atoms with Gasteiger partial charge in [-0.25, -0.2) is 0 Å². The molecule has 0 unspecified atom stereocenters. The summed E-state index contributed by atoms with van der Waals surface area (Å²) < 4.78 is 0. The summed E-state index contributed by atoms with van der Waals surface area (Å²) in [5.74, 6) is 1.18. The summed E-state index contributed by atoms with van der Waals surface area (Å²) in [6.07, 6.45) is 3.89. The molecule has 0 radical (unpaired) electrons. The van der Waals surface area contributed by atoms with Crippen LogP contribution >= 0.6 is 0 Å². The topological polar surface area (TPSA) is 43.8 Å². The molecule has 138 valence electrons. The molecule has 0 saturated carbocycles. The van der Waals surface area contributed by atoms with Crippen LogP contribution in [0.1, 0.15) is 54.9 Å². The Morgan fingerprint density at radius 3 is 2.32 bits per heavy atom. The molecule has 0 bridgehead atoms. The minimum absolute atomic E-state index is 0.106. The van der Waals surface area contributed by atoms with Gasteiger partial charge in [0.1, 0.15) is 0 Å². The van der Waals surface area contributed by atoms with E-state index in [-0.39, 0.29) is 18.4 Å². The number of rotatable bonds is 5. The largest absolute Gasteiger partial charge is 0.396 e. The molecule has 0 spiro atoms. The molecule has 2 aliphatic heterocycles. The number of benzene rings is 1. The molecular formula is C21H32N2O2. The summed E-state index contributed by atoms with van der Waals surface area (Å²) in [5.41, 5.74) is 2.02. The third-order valence-corrected chi connectivity index (χ3v) is 5.86. The smallest absolute Gasteiger partial charge is 0.253 e. The lowest BCUT2D eigenvalue weighted by Gasteiger charge is -2.30. The first-order valence-corrected chi connectivity index (χ1v) is 9.81. The third-order valence-electron chi connectivity index (χ3n) is 5.86. The molecule has 0 aliphatic carbocycles. The normalized spacial score (nSPS) is 24.9. The van der Waals surface area contributed by atoms with Crippen molar-refractivity contribution in [1.82, 2.24) is 9.80 Å². The zero-order valence-corrected chi connectivity index (χ0v) is 15.7. The number of hydrogen-bond acceptors (Lipinski definition) is 3. The molecule has 1 aromatic rings. The fourth-order valence-electron chi connectivity index (χ4n) is 4.19. The lowest BCUT2D eigenvalue weighted by molar-refractivity contribution is 0.0778. The molecule has 2 atom stereocenters. The summed E-state index contributed by atoms with van der Waals surface area (Å²) >= 11 is 0. The standard InChI is InChI=1S/C21H32N2O2/c1-16(2)17-6-8-18(9-7-17)21(25)23-13-19(20(14-23)15-24)12-22-10-4-3-5-11-22/h6-9,16,19-20,24H,3-5,10-15H2,1-2H3/t19-,20-/m1/s1. The van der Waals surface area contributed by atoms with Crippen LogP contribution in [0.4, 0.5) is 0 Å². The maximum Gasteiger partial charge on any atom is 0.253 e. The Kier molecular flexibility index (Phi) is 6.13. The molecule has 1 aromatic carbocycles. The molecule has 3 rings (SSSR count). The summed E-state index contributed by atoms with van der Waals surface area (Å²) in [6, 6.07) is 8.01. The van der Waals surface area contributed by atoms with Gasteiger partial charge in [0.25, 0.3) is 5.91 Å². The van der Waals surface area contributed by atoms with Crippen molar-refractivity contribution in [3.05, 3.63) is 35.4 Å². The van der Waals surface area contributed by atoms with Gasteiger partial charge in [0.05, 0.1) is 0 Å². The van der Waals surface area contributed by atoms with Crippen LogP contribution in [-0.2, 0) is 0 Å². The van der Waals surface area contributed by atoms with Gasteiger partial charge < -0.3 is 14.9 Å². The van der Waals surface area contributed by atoms with Gasteiger partial charge in [0.2, 0.25) is 0 Å². The second-order valence-corrected chi connectivity index (χ2v) is 8.05. The second kappa shape index (κ2) is 8.33. The molecule has 4 heteroatoms. The van der Waals surface area contributed by atoms with Crippen molar-refractivity contribution in [3.63, 3.8) is 0 Å². The molecule has 2 saturated heterocycles. The summed E-state index contributed by atoms with van der Waals surface area (Å²) in [6.45, 7) is 9.29. The zero-order valence-electron chi connectivity index (χ0n) is 15.7. The molecule has 2 heterocycles. The van der Waals surface area contributed by atoms with Crippen LogP contribution in [0.2, 0.25) is 0 Å². The summed E-state index contributed by atoms with van der Waals surface area (Å²) in [5, 5.41) is 9.78. The summed E-state index contributed by atoms with van der Waals surface area (Å²) in [7, 11) is 0. The highest BCUT2D eigenvalue weighted by atomic mass is 16.3. The number of piperidine rings is 1. The van der Waals surface area contributed by atoms with E-state index in [1.165, 1.54) is 37.9 Å². The Balaban J connectivity index is 1.63. The van der Waals surface area contributed by atoms with Gasteiger partial charge in [-0.15, -0.1) is 0 Å². The van der Waals surface area contributed by atoms with Gasteiger partial charge in [-0.3, -0.25) is 4.79 Å². The predicted octanol–water partition coefficient (Wildman–Crippen LogP) is 2.98. The lowest BCUT2D eigenvalue weighted by Crippen LogP contribution is -2.37. The fraction of sp³-hybridized carbons (Fsp3) is 0.667. The van der Waals surface area contributed by atoms with Crippen molar-refractivity contribution in [2.75, 3.05) is 39.3 Å². The third kappa shape index (κ3) is 4.42. The van der Waals surface area contributed by atoms with Crippen molar-refractivity contribution in [3.8, 4) is 0 Å². The van der Waals surface area contributed by atoms with Crippen LogP contribution in [0.3, 0.4) is 0 Å². The Morgan fingerprint density at radius 2 is 1.72 bits per heavy atom. The van der Waals surface area contributed by atoms with Crippen molar-refractivity contribution in [2.45, 2.75) is 39.0 Å². The van der Waals surface area contributed by atoms with Gasteiger partial charge in [0.15, 0.2) is 0 Å². The Morgan fingerprint density at radius 1 is 1.08 bits per heavy atom. The van der Waals surface area contributed by atoms with Crippen molar-refractivity contribution >= 4 is 5.91 Å². The first-order chi connectivity index (χ1) is 12.1. The molecule has 4 nitrogen and oxygen atoms in total. The Bertz CT molecular complexity index is 564. The quantitative estimate of drug-likeness (QED) is 0.893. The van der Waals surface area contributed by atoms with Gasteiger partial charge in [-0.05, 0) is 55.5 Å². The van der Waals surface area contributed by atoms with Gasteiger partial charge in [0, 0.05) is 37.7 Å². The van der Waals surface area contributed by atoms with Crippen molar-refractivity contribution < 1.29 is 9.90 Å². The molecule has 0 aromatic heterocycles. The minimum Gasteiger partial charge on any atom is -0.396 e. The SMILES string of the molecule is CC(C)c1ccc(C(=O)N2C[C@@H](CN3CCCCC3)[C@@H](CO)C2)cc1.